The fourth-order valence-electron chi connectivity index (χ4n) is 2.83. The molecule has 0 saturated carbocycles. The number of benzene rings is 2. The van der Waals surface area contributed by atoms with Crippen LogP contribution in [0.2, 0.25) is 0 Å². The van der Waals surface area contributed by atoms with Crippen LogP contribution < -0.4 is 68.4 Å². The van der Waals surface area contributed by atoms with Gasteiger partial charge in [-0.15, -0.1) is 0 Å². The summed E-state index contributed by atoms with van der Waals surface area (Å²) in [6.45, 7) is 6.90. The molecular weight excluding hydrogens is 1270 g/mol. The SMILES string of the molecule is CCC[I-]C([SiH2]OC(=O)Cc1cc(I)c(Oc2cc(I)c(O)c(I)c2)c(I)c1)([I-]CCC)[I-]CCC. The summed E-state index contributed by atoms with van der Waals surface area (Å²) in [6.07, 6.45) is 4.15. The molecule has 4 nitrogen and oxygen atoms in total. The van der Waals surface area contributed by atoms with E-state index in [1.165, 1.54) is 32.5 Å². The minimum absolute atomic E-state index is 0.0459. The van der Waals surface area contributed by atoms with Crippen LogP contribution in [0.3, 0.4) is 0 Å². The van der Waals surface area contributed by atoms with E-state index in [9.17, 15) is 9.90 Å². The number of carbonyl (C=O) groups is 1. The molecule has 0 saturated heterocycles. The fraction of sp³-hybridized carbons (Fsp3) is 0.458. The van der Waals surface area contributed by atoms with E-state index in [4.69, 9.17) is 9.16 Å². The molecule has 0 bridgehead atoms. The summed E-state index contributed by atoms with van der Waals surface area (Å²) in [5, 5.41) is 10.0. The van der Waals surface area contributed by atoms with Crippen LogP contribution in [0.4, 0.5) is 0 Å². The summed E-state index contributed by atoms with van der Waals surface area (Å²) in [6, 6.07) is 7.72. The summed E-state index contributed by atoms with van der Waals surface area (Å²) in [5.74, 6) is 1.69. The van der Waals surface area contributed by atoms with Crippen LogP contribution in [-0.4, -0.2) is 33.2 Å². The molecule has 0 heterocycles. The van der Waals surface area contributed by atoms with Gasteiger partial charge in [-0.2, -0.15) is 0 Å². The van der Waals surface area contributed by atoms with Gasteiger partial charge in [-0.3, -0.25) is 0 Å². The number of aromatic hydroxyl groups is 1. The number of carbonyl (C=O) groups excluding carboxylic acids is 1. The van der Waals surface area contributed by atoms with E-state index in [-0.39, 0.29) is 75.3 Å². The second-order valence-electron chi connectivity index (χ2n) is 7.65. The van der Waals surface area contributed by atoms with Crippen LogP contribution in [0, 0.1) is 14.3 Å². The van der Waals surface area contributed by atoms with Crippen LogP contribution in [0.5, 0.6) is 17.2 Å². The topological polar surface area (TPSA) is 55.8 Å². The average Bonchev–Trinajstić information content (AvgIpc) is 2.84. The van der Waals surface area contributed by atoms with Crippen molar-refractivity contribution in [2.75, 3.05) is 13.3 Å². The van der Waals surface area contributed by atoms with Crippen molar-refractivity contribution in [1.82, 2.24) is 0 Å². The van der Waals surface area contributed by atoms with Gasteiger partial charge < -0.3 is 5.11 Å². The standard InChI is InChI=1S/C24H30I7O4Si/c1-4-7-29-24(30-8-5-2,31-9-6-3)36-35-21(32)12-15-10-19(27)23(20(28)11-15)34-16-13-17(25)22(33)18(26)14-16/h10-11,13-14,33H,4-9,12,36H2,1-3H3/q-3. The molecule has 36 heavy (non-hydrogen) atoms. The van der Waals surface area contributed by atoms with Crippen molar-refractivity contribution < 1.29 is 82.7 Å². The van der Waals surface area contributed by atoms with E-state index in [1.54, 1.807) is 0 Å². The average molecular weight is 1300 g/mol. The zero-order chi connectivity index (χ0) is 26.7. The molecule has 0 aliphatic rings. The van der Waals surface area contributed by atoms with E-state index >= 15 is 0 Å². The molecule has 0 spiro atoms. The first-order valence-electron chi connectivity index (χ1n) is 11.4. The zero-order valence-corrected chi connectivity index (χ0v) is 36.8. The number of halogens is 7. The number of hydrogen-bond donors (Lipinski definition) is 1. The van der Waals surface area contributed by atoms with Gasteiger partial charge in [-0.05, 0) is 45.2 Å². The van der Waals surface area contributed by atoms with Gasteiger partial charge >= 0.3 is 246 Å². The van der Waals surface area contributed by atoms with Crippen LogP contribution in [-0.2, 0) is 15.6 Å². The molecule has 2 rings (SSSR count). The predicted molar refractivity (Wildman–Crippen MR) is 172 cm³/mol. The molecule has 12 heteroatoms. The van der Waals surface area contributed by atoms with Crippen molar-refractivity contribution >= 4 is 106 Å². The minimum atomic E-state index is -0.837. The van der Waals surface area contributed by atoms with E-state index in [2.05, 4.69) is 111 Å². The van der Waals surface area contributed by atoms with Gasteiger partial charge in [0.1, 0.15) is 5.75 Å². The van der Waals surface area contributed by atoms with E-state index in [0.717, 1.165) is 25.6 Å². The monoisotopic (exact) mass is 1300 g/mol. The van der Waals surface area contributed by atoms with Gasteiger partial charge in [0, 0.05) is 0 Å². The number of ether oxygens (including phenoxy) is 1. The molecule has 0 aromatic heterocycles. The Morgan fingerprint density at radius 2 is 1.33 bits per heavy atom. The third kappa shape index (κ3) is 11.6. The maximum absolute atomic E-state index is 13.0. The Labute approximate surface area is 303 Å². The van der Waals surface area contributed by atoms with Crippen molar-refractivity contribution in [3.63, 3.8) is 0 Å². The van der Waals surface area contributed by atoms with Crippen LogP contribution in [0.1, 0.15) is 45.6 Å². The molecule has 0 radical (unpaired) electrons. The molecule has 2 aromatic rings. The van der Waals surface area contributed by atoms with Crippen LogP contribution in [0.25, 0.3) is 0 Å². The van der Waals surface area contributed by atoms with Gasteiger partial charge in [0.15, 0.2) is 0 Å². The van der Waals surface area contributed by atoms with Crippen LogP contribution in [0.15, 0.2) is 24.3 Å². The molecule has 1 N–H and O–H groups in total. The summed E-state index contributed by atoms with van der Waals surface area (Å²) < 4.78 is 20.5. The molecule has 0 unspecified atom stereocenters. The second-order valence-corrected chi connectivity index (χ2v) is 35.5. The van der Waals surface area contributed by atoms with Gasteiger partial charge in [0.25, 0.3) is 0 Å². The quantitative estimate of drug-likeness (QED) is 0.126. The number of hydrogen-bond acceptors (Lipinski definition) is 4. The third-order valence-corrected chi connectivity index (χ3v) is 34.9. The van der Waals surface area contributed by atoms with Crippen molar-refractivity contribution in [1.29, 1.82) is 0 Å². The number of alkyl halides is 6. The van der Waals surface area contributed by atoms with Gasteiger partial charge in [-0.25, -0.2) is 0 Å². The number of phenols is 1. The predicted octanol–water partition coefficient (Wildman–Crippen LogP) is -2.12. The first-order chi connectivity index (χ1) is 17.1. The Morgan fingerprint density at radius 1 is 0.861 bits per heavy atom. The van der Waals surface area contributed by atoms with Gasteiger partial charge in [0.2, 0.25) is 0 Å². The summed E-state index contributed by atoms with van der Waals surface area (Å²) in [7, 11) is -0.837. The zero-order valence-electron chi connectivity index (χ0n) is 20.3. The second kappa shape index (κ2) is 18.4. The molecule has 0 amide bonds. The van der Waals surface area contributed by atoms with Crippen molar-refractivity contribution in [2.24, 2.45) is 0 Å². The normalized spacial score (nSPS) is 12.2. The summed E-state index contributed by atoms with van der Waals surface area (Å²) in [4.78, 5) is 13.0. The van der Waals surface area contributed by atoms with E-state index < -0.39 is 9.76 Å². The molecule has 0 aliphatic carbocycles. The Morgan fingerprint density at radius 3 is 1.78 bits per heavy atom. The van der Waals surface area contributed by atoms with Crippen molar-refractivity contribution in [3.8, 4) is 17.2 Å². The van der Waals surface area contributed by atoms with E-state index in [0.29, 0.717) is 11.2 Å². The molecule has 2 aromatic carbocycles. The Bertz CT molecular complexity index is 954. The molecular formula is C24H30I7O4Si-3. The number of rotatable bonds is 15. The van der Waals surface area contributed by atoms with Gasteiger partial charge in [0.05, 0.1) is 7.14 Å². The summed E-state index contributed by atoms with van der Waals surface area (Å²) >= 11 is 9.23. The van der Waals surface area contributed by atoms with Crippen molar-refractivity contribution in [2.45, 2.75) is 45.5 Å². The Balaban J connectivity index is 2.10. The fourth-order valence-corrected chi connectivity index (χ4v) is 30.3. The molecule has 0 fully saturated rings. The Hall–Kier alpha value is 2.84. The van der Waals surface area contributed by atoms with Crippen molar-refractivity contribution in [3.05, 3.63) is 44.1 Å². The van der Waals surface area contributed by atoms with Crippen LogP contribution >= 0.6 is 90.4 Å². The van der Waals surface area contributed by atoms with E-state index in [1.807, 2.05) is 24.3 Å². The first-order valence-corrected chi connectivity index (χ1v) is 24.9. The maximum atomic E-state index is 13.0. The Kier molecular flexibility index (Phi) is 17.9. The summed E-state index contributed by atoms with van der Waals surface area (Å²) in [5.41, 5.74) is 0.977. The third-order valence-electron chi connectivity index (χ3n) is 4.45. The molecule has 206 valence electrons. The molecule has 0 aliphatic heterocycles. The first kappa shape index (κ1) is 35.0. The van der Waals surface area contributed by atoms with Gasteiger partial charge in [-0.1, -0.05) is 0 Å². The molecule has 0 atom stereocenters. The number of phenolic OH excluding ortho intramolecular Hbond substituents is 1.